The Hall–Kier alpha value is -2.18. The van der Waals surface area contributed by atoms with Gasteiger partial charge in [0.05, 0.1) is 25.4 Å². The van der Waals surface area contributed by atoms with Gasteiger partial charge in [-0.05, 0) is 18.9 Å². The normalized spacial score (nSPS) is 28.8. The van der Waals surface area contributed by atoms with E-state index in [4.69, 9.17) is 13.9 Å². The van der Waals surface area contributed by atoms with Crippen LogP contribution in [0.3, 0.4) is 0 Å². The van der Waals surface area contributed by atoms with Crippen LogP contribution in [0.5, 0.6) is 0 Å². The van der Waals surface area contributed by atoms with Crippen LogP contribution < -0.4 is 0 Å². The fourth-order valence-corrected chi connectivity index (χ4v) is 4.03. The third-order valence-corrected chi connectivity index (χ3v) is 5.38. The van der Waals surface area contributed by atoms with Crippen LogP contribution >= 0.6 is 0 Å². The largest absolute Gasteiger partial charge is 0.438 e. The molecule has 1 aromatic carbocycles. The average molecular weight is 342 g/mol. The molecular weight excluding hydrogens is 320 g/mol. The Morgan fingerprint density at radius 3 is 2.84 bits per heavy atom. The molecule has 0 unspecified atom stereocenters. The molecule has 0 radical (unpaired) electrons. The van der Waals surface area contributed by atoms with E-state index < -0.39 is 5.60 Å². The van der Waals surface area contributed by atoms with Gasteiger partial charge in [0.25, 0.3) is 5.91 Å². The summed E-state index contributed by atoms with van der Waals surface area (Å²) in [4.78, 5) is 18.5. The van der Waals surface area contributed by atoms with E-state index in [1.54, 1.807) is 18.9 Å². The SMILES string of the molecule is CO[C@@H]1CN(C(=O)c2ocnc2C)C[C@]12C[C@@H](c1ccccc1)CO2. The minimum absolute atomic E-state index is 0.145. The first-order chi connectivity index (χ1) is 12.1. The average Bonchev–Trinajstić information content (AvgIpc) is 3.35. The van der Waals surface area contributed by atoms with Gasteiger partial charge in [0, 0.05) is 13.0 Å². The van der Waals surface area contributed by atoms with Crippen molar-refractivity contribution in [3.05, 3.63) is 53.7 Å². The molecule has 2 fully saturated rings. The Kier molecular flexibility index (Phi) is 4.09. The second kappa shape index (κ2) is 6.28. The summed E-state index contributed by atoms with van der Waals surface area (Å²) in [6, 6.07) is 10.4. The van der Waals surface area contributed by atoms with E-state index in [0.717, 1.165) is 6.42 Å². The molecule has 6 nitrogen and oxygen atoms in total. The number of amides is 1. The van der Waals surface area contributed by atoms with Crippen molar-refractivity contribution in [2.45, 2.75) is 31.0 Å². The molecule has 1 aromatic heterocycles. The van der Waals surface area contributed by atoms with Gasteiger partial charge in [-0.1, -0.05) is 30.3 Å². The lowest BCUT2D eigenvalue weighted by molar-refractivity contribution is -0.0755. The van der Waals surface area contributed by atoms with Crippen molar-refractivity contribution in [2.75, 3.05) is 26.8 Å². The van der Waals surface area contributed by atoms with E-state index in [2.05, 4.69) is 17.1 Å². The van der Waals surface area contributed by atoms with Gasteiger partial charge in [-0.3, -0.25) is 4.79 Å². The highest BCUT2D eigenvalue weighted by Crippen LogP contribution is 2.43. The summed E-state index contributed by atoms with van der Waals surface area (Å²) in [5.74, 6) is 0.464. The first kappa shape index (κ1) is 16.3. The van der Waals surface area contributed by atoms with Crippen molar-refractivity contribution in [3.8, 4) is 0 Å². The predicted molar refractivity (Wildman–Crippen MR) is 90.4 cm³/mol. The lowest BCUT2D eigenvalue weighted by Gasteiger charge is -2.28. The Morgan fingerprint density at radius 1 is 1.36 bits per heavy atom. The van der Waals surface area contributed by atoms with Gasteiger partial charge in [0.1, 0.15) is 11.7 Å². The number of ether oxygens (including phenoxy) is 2. The molecule has 2 aromatic rings. The number of aryl methyl sites for hydroxylation is 1. The number of nitrogens with zero attached hydrogens (tertiary/aromatic N) is 2. The van der Waals surface area contributed by atoms with Crippen LogP contribution in [0.4, 0.5) is 0 Å². The molecule has 1 amide bonds. The zero-order valence-corrected chi connectivity index (χ0v) is 14.5. The molecule has 1 spiro atoms. The second-order valence-corrected chi connectivity index (χ2v) is 6.86. The number of oxazole rings is 1. The Bertz CT molecular complexity index is 760. The van der Waals surface area contributed by atoms with E-state index in [0.29, 0.717) is 37.1 Å². The maximum absolute atomic E-state index is 12.8. The van der Waals surface area contributed by atoms with Crippen molar-refractivity contribution in [1.29, 1.82) is 0 Å². The van der Waals surface area contributed by atoms with E-state index in [-0.39, 0.29) is 12.0 Å². The van der Waals surface area contributed by atoms with Gasteiger partial charge >= 0.3 is 0 Å². The minimum atomic E-state index is -0.459. The van der Waals surface area contributed by atoms with Crippen molar-refractivity contribution in [3.63, 3.8) is 0 Å². The molecule has 4 rings (SSSR count). The zero-order chi connectivity index (χ0) is 17.4. The summed E-state index contributed by atoms with van der Waals surface area (Å²) < 4.78 is 17.2. The number of methoxy groups -OCH3 is 1. The summed E-state index contributed by atoms with van der Waals surface area (Å²) in [7, 11) is 1.68. The predicted octanol–water partition coefficient (Wildman–Crippen LogP) is 2.40. The number of hydrogen-bond acceptors (Lipinski definition) is 5. The molecular formula is C19H22N2O4. The monoisotopic (exact) mass is 342 g/mol. The zero-order valence-electron chi connectivity index (χ0n) is 14.5. The third kappa shape index (κ3) is 2.75. The second-order valence-electron chi connectivity index (χ2n) is 6.86. The summed E-state index contributed by atoms with van der Waals surface area (Å²) in [6.07, 6.45) is 2.00. The van der Waals surface area contributed by atoms with Gasteiger partial charge in [0.15, 0.2) is 6.39 Å². The van der Waals surface area contributed by atoms with Crippen molar-refractivity contribution in [2.24, 2.45) is 0 Å². The molecule has 6 heteroatoms. The van der Waals surface area contributed by atoms with Crippen LogP contribution in [0.2, 0.25) is 0 Å². The van der Waals surface area contributed by atoms with Crippen LogP contribution in [0.1, 0.15) is 34.2 Å². The van der Waals surface area contributed by atoms with Gasteiger partial charge < -0.3 is 18.8 Å². The number of likely N-dealkylation sites (tertiary alicyclic amines) is 1. The smallest absolute Gasteiger partial charge is 0.291 e. The fraction of sp³-hybridized carbons (Fsp3) is 0.474. The Morgan fingerprint density at radius 2 is 2.16 bits per heavy atom. The lowest BCUT2D eigenvalue weighted by atomic mass is 9.87. The van der Waals surface area contributed by atoms with Crippen molar-refractivity contribution >= 4 is 5.91 Å². The summed E-state index contributed by atoms with van der Waals surface area (Å²) in [6.45, 7) is 3.42. The highest BCUT2D eigenvalue weighted by molar-refractivity contribution is 5.92. The quantitative estimate of drug-likeness (QED) is 0.857. The molecule has 0 bridgehead atoms. The van der Waals surface area contributed by atoms with Gasteiger partial charge in [-0.2, -0.15) is 0 Å². The number of carbonyl (C=O) groups excluding carboxylic acids is 1. The van der Waals surface area contributed by atoms with Gasteiger partial charge in [0.2, 0.25) is 5.76 Å². The first-order valence-corrected chi connectivity index (χ1v) is 8.54. The number of hydrogen-bond donors (Lipinski definition) is 0. The topological polar surface area (TPSA) is 64.8 Å². The molecule has 0 saturated carbocycles. The van der Waals surface area contributed by atoms with E-state index >= 15 is 0 Å². The molecule has 2 saturated heterocycles. The van der Waals surface area contributed by atoms with E-state index in [9.17, 15) is 4.79 Å². The lowest BCUT2D eigenvalue weighted by Crippen LogP contribution is -2.42. The van der Waals surface area contributed by atoms with Crippen LogP contribution in [0, 0.1) is 6.92 Å². The van der Waals surface area contributed by atoms with Crippen LogP contribution in [-0.4, -0.2) is 54.3 Å². The van der Waals surface area contributed by atoms with Crippen LogP contribution in [0.15, 0.2) is 41.1 Å². The van der Waals surface area contributed by atoms with E-state index in [1.807, 2.05) is 18.2 Å². The number of benzene rings is 1. The highest BCUT2D eigenvalue weighted by atomic mass is 16.6. The molecule has 0 N–H and O–H groups in total. The number of rotatable bonds is 3. The van der Waals surface area contributed by atoms with Crippen molar-refractivity contribution in [1.82, 2.24) is 9.88 Å². The summed E-state index contributed by atoms with van der Waals surface area (Å²) >= 11 is 0. The Balaban J connectivity index is 1.54. The fourth-order valence-electron chi connectivity index (χ4n) is 4.03. The molecule has 2 aliphatic heterocycles. The third-order valence-electron chi connectivity index (χ3n) is 5.38. The van der Waals surface area contributed by atoms with Crippen molar-refractivity contribution < 1.29 is 18.7 Å². The van der Waals surface area contributed by atoms with Gasteiger partial charge in [-0.15, -0.1) is 0 Å². The maximum atomic E-state index is 12.8. The standard InChI is InChI=1S/C19H22N2O4/c1-13-17(24-12-20-13)18(22)21-9-16(23-2)19(11-21)8-15(10-25-19)14-6-4-3-5-7-14/h3-7,12,15-16H,8-11H2,1-2H3/t15-,16-,19-/m1/s1. The molecule has 132 valence electrons. The first-order valence-electron chi connectivity index (χ1n) is 8.54. The summed E-state index contributed by atoms with van der Waals surface area (Å²) in [5.41, 5.74) is 1.42. The van der Waals surface area contributed by atoms with E-state index in [1.165, 1.54) is 12.0 Å². The minimum Gasteiger partial charge on any atom is -0.438 e. The van der Waals surface area contributed by atoms with Crippen LogP contribution in [-0.2, 0) is 9.47 Å². The number of aromatic nitrogens is 1. The maximum Gasteiger partial charge on any atom is 0.291 e. The highest BCUT2D eigenvalue weighted by Gasteiger charge is 2.54. The molecule has 3 atom stereocenters. The van der Waals surface area contributed by atoms with Crippen LogP contribution in [0.25, 0.3) is 0 Å². The molecule has 2 aliphatic rings. The number of carbonyl (C=O) groups is 1. The molecule has 0 aliphatic carbocycles. The Labute approximate surface area is 146 Å². The molecule has 3 heterocycles. The summed E-state index contributed by atoms with van der Waals surface area (Å²) in [5, 5.41) is 0. The molecule has 25 heavy (non-hydrogen) atoms. The van der Waals surface area contributed by atoms with Gasteiger partial charge in [-0.25, -0.2) is 4.98 Å².